The summed E-state index contributed by atoms with van der Waals surface area (Å²) < 4.78 is 0. The summed E-state index contributed by atoms with van der Waals surface area (Å²) in [5, 5.41) is 0. The molecule has 0 aromatic carbocycles. The summed E-state index contributed by atoms with van der Waals surface area (Å²) in [5.41, 5.74) is 0. The van der Waals surface area contributed by atoms with E-state index in [0.717, 1.165) is 39.3 Å². The number of hydrogen-bond donors (Lipinski definition) is 0. The Labute approximate surface area is 137 Å². The molecule has 0 spiro atoms. The van der Waals surface area contributed by atoms with Crippen LogP contribution in [0.25, 0.3) is 0 Å². The summed E-state index contributed by atoms with van der Waals surface area (Å²) in [6.07, 6.45) is 11.5. The molecule has 0 heterocycles. The van der Waals surface area contributed by atoms with Crippen LogP contribution in [0.2, 0.25) is 0 Å². The predicted molar refractivity (Wildman–Crippen MR) is 102 cm³/mol. The van der Waals surface area contributed by atoms with Crippen molar-refractivity contribution in [3.05, 3.63) is 75.9 Å². The first-order valence-electron chi connectivity index (χ1n) is 7.57. The van der Waals surface area contributed by atoms with Crippen LogP contribution in [0.15, 0.2) is 75.9 Å². The third kappa shape index (κ3) is 6.90. The van der Waals surface area contributed by atoms with Gasteiger partial charge in [-0.25, -0.2) is 0 Å². The van der Waals surface area contributed by atoms with Gasteiger partial charge in [-0.3, -0.25) is 0 Å². The molecule has 0 saturated heterocycles. The van der Waals surface area contributed by atoms with E-state index in [1.54, 1.807) is 0 Å². The maximum absolute atomic E-state index is 3.87. The van der Waals surface area contributed by atoms with Crippen molar-refractivity contribution >= 4 is 7.12 Å². The minimum absolute atomic E-state index is 0.0722. The fourth-order valence-corrected chi connectivity index (χ4v) is 2.48. The molecule has 0 rings (SSSR count). The van der Waals surface area contributed by atoms with E-state index in [2.05, 4.69) is 53.9 Å². The van der Waals surface area contributed by atoms with E-state index in [4.69, 9.17) is 0 Å². The highest BCUT2D eigenvalue weighted by Gasteiger charge is 2.34. The van der Waals surface area contributed by atoms with Crippen molar-refractivity contribution in [1.29, 1.82) is 0 Å². The molecule has 0 aromatic rings. The molecular formula is C18H30BN3. The largest absolute Gasteiger partial charge is 0.404 e. The molecule has 0 amide bonds. The molecule has 120 valence electrons. The molecule has 0 radical (unpaired) electrons. The number of rotatable bonds is 15. The Hall–Kier alpha value is -1.62. The van der Waals surface area contributed by atoms with Crippen LogP contribution in [0, 0.1) is 0 Å². The first-order chi connectivity index (χ1) is 10.7. The molecule has 0 atom stereocenters. The molecule has 0 aromatic heterocycles. The average Bonchev–Trinajstić information content (AvgIpc) is 2.49. The van der Waals surface area contributed by atoms with Crippen LogP contribution >= 0.6 is 0 Å². The highest BCUT2D eigenvalue weighted by molar-refractivity contribution is 6.49. The normalized spacial score (nSPS) is 10.5. The zero-order valence-electron chi connectivity index (χ0n) is 13.9. The van der Waals surface area contributed by atoms with Gasteiger partial charge in [-0.2, -0.15) is 0 Å². The van der Waals surface area contributed by atoms with Crippen LogP contribution < -0.4 is 0 Å². The van der Waals surface area contributed by atoms with E-state index in [-0.39, 0.29) is 7.12 Å². The Morgan fingerprint density at radius 3 is 0.773 bits per heavy atom. The van der Waals surface area contributed by atoms with Crippen LogP contribution in [0.1, 0.15) is 0 Å². The van der Waals surface area contributed by atoms with E-state index in [9.17, 15) is 0 Å². The number of hydrogen-bond acceptors (Lipinski definition) is 3. The molecule has 0 N–H and O–H groups in total. The Morgan fingerprint density at radius 2 is 0.636 bits per heavy atom. The van der Waals surface area contributed by atoms with Gasteiger partial charge < -0.3 is 14.4 Å². The van der Waals surface area contributed by atoms with Crippen LogP contribution in [0.3, 0.4) is 0 Å². The lowest BCUT2D eigenvalue weighted by Crippen LogP contribution is -2.63. The van der Waals surface area contributed by atoms with Gasteiger partial charge in [-0.15, -0.1) is 39.5 Å². The first-order valence-corrected chi connectivity index (χ1v) is 7.57. The van der Waals surface area contributed by atoms with Crippen molar-refractivity contribution in [2.75, 3.05) is 39.3 Å². The topological polar surface area (TPSA) is 9.72 Å². The summed E-state index contributed by atoms with van der Waals surface area (Å²) in [6, 6.07) is 0. The summed E-state index contributed by atoms with van der Waals surface area (Å²) in [5.74, 6) is 0. The predicted octanol–water partition coefficient (Wildman–Crippen LogP) is 2.99. The second-order valence-electron chi connectivity index (χ2n) is 4.94. The summed E-state index contributed by atoms with van der Waals surface area (Å²) in [6.45, 7) is 27.9. The Morgan fingerprint density at radius 1 is 0.455 bits per heavy atom. The molecule has 22 heavy (non-hydrogen) atoms. The molecular weight excluding hydrogens is 269 g/mol. The fraction of sp³-hybridized carbons (Fsp3) is 0.333. The monoisotopic (exact) mass is 299 g/mol. The van der Waals surface area contributed by atoms with Crippen LogP contribution in [0.5, 0.6) is 0 Å². The molecule has 0 saturated carbocycles. The smallest absolute Gasteiger partial charge is 0.307 e. The van der Waals surface area contributed by atoms with Gasteiger partial charge in [0.25, 0.3) is 0 Å². The van der Waals surface area contributed by atoms with E-state index < -0.39 is 0 Å². The average molecular weight is 299 g/mol. The van der Waals surface area contributed by atoms with Crippen LogP contribution in [-0.2, 0) is 0 Å². The third-order valence-electron chi connectivity index (χ3n) is 3.16. The van der Waals surface area contributed by atoms with Crippen molar-refractivity contribution in [3.8, 4) is 0 Å². The maximum atomic E-state index is 3.87. The van der Waals surface area contributed by atoms with Crippen molar-refractivity contribution in [1.82, 2.24) is 14.4 Å². The van der Waals surface area contributed by atoms with Gasteiger partial charge in [0.2, 0.25) is 0 Å². The van der Waals surface area contributed by atoms with E-state index in [1.807, 2.05) is 36.5 Å². The van der Waals surface area contributed by atoms with Gasteiger partial charge in [0.05, 0.1) is 0 Å². The van der Waals surface area contributed by atoms with Crippen molar-refractivity contribution in [2.45, 2.75) is 0 Å². The van der Waals surface area contributed by atoms with E-state index in [0.29, 0.717) is 0 Å². The minimum Gasteiger partial charge on any atom is -0.307 e. The molecule has 0 bridgehead atoms. The van der Waals surface area contributed by atoms with Gasteiger partial charge in [-0.05, 0) is 0 Å². The first kappa shape index (κ1) is 20.4. The highest BCUT2D eigenvalue weighted by atomic mass is 15.3. The van der Waals surface area contributed by atoms with Gasteiger partial charge in [0.15, 0.2) is 0 Å². The molecule has 0 unspecified atom stereocenters. The van der Waals surface area contributed by atoms with E-state index >= 15 is 0 Å². The summed E-state index contributed by atoms with van der Waals surface area (Å²) >= 11 is 0. The SMILES string of the molecule is C=CCN(CC=C)B(N(CC=C)CC=C)N(CC=C)CC=C. The molecule has 3 nitrogen and oxygen atoms in total. The molecule has 0 fully saturated rings. The van der Waals surface area contributed by atoms with Crippen molar-refractivity contribution in [2.24, 2.45) is 0 Å². The second kappa shape index (κ2) is 13.1. The zero-order valence-corrected chi connectivity index (χ0v) is 13.9. The lowest BCUT2D eigenvalue weighted by molar-refractivity contribution is 0.331. The quantitative estimate of drug-likeness (QED) is 0.340. The van der Waals surface area contributed by atoms with Crippen LogP contribution in [0.4, 0.5) is 0 Å². The fourth-order valence-electron chi connectivity index (χ4n) is 2.48. The lowest BCUT2D eigenvalue weighted by Gasteiger charge is -2.40. The molecule has 0 aliphatic heterocycles. The minimum atomic E-state index is 0.0722. The summed E-state index contributed by atoms with van der Waals surface area (Å²) in [4.78, 5) is 6.92. The molecule has 4 heteroatoms. The third-order valence-corrected chi connectivity index (χ3v) is 3.16. The van der Waals surface area contributed by atoms with Gasteiger partial charge >= 0.3 is 7.12 Å². The van der Waals surface area contributed by atoms with Gasteiger partial charge in [0.1, 0.15) is 0 Å². The molecule has 0 aliphatic rings. The van der Waals surface area contributed by atoms with Gasteiger partial charge in [0, 0.05) is 39.3 Å². The van der Waals surface area contributed by atoms with E-state index in [1.165, 1.54) is 0 Å². The van der Waals surface area contributed by atoms with Crippen molar-refractivity contribution < 1.29 is 0 Å². The molecule has 0 aliphatic carbocycles. The lowest BCUT2D eigenvalue weighted by atomic mass is 9.82. The van der Waals surface area contributed by atoms with Crippen LogP contribution in [-0.4, -0.2) is 60.8 Å². The Bertz CT molecular complexity index is 291. The van der Waals surface area contributed by atoms with Gasteiger partial charge in [-0.1, -0.05) is 36.5 Å². The van der Waals surface area contributed by atoms with Crippen molar-refractivity contribution in [3.63, 3.8) is 0 Å². The Balaban J connectivity index is 5.61. The summed E-state index contributed by atoms with van der Waals surface area (Å²) in [7, 11) is 0.0722. The second-order valence-corrected chi connectivity index (χ2v) is 4.94. The highest BCUT2D eigenvalue weighted by Crippen LogP contribution is 2.10. The zero-order chi connectivity index (χ0) is 16.8. The standard InChI is InChI=1S/C18H30BN3/c1-7-13-20(14-8-2)19(21(15-9-3)16-10-4)22(17-11-5)18-12-6/h7-12H,1-6,13-18H2. The number of nitrogens with zero attached hydrogens (tertiary/aromatic N) is 3. The maximum Gasteiger partial charge on any atom is 0.404 e. The Kier molecular flexibility index (Phi) is 12.1.